The zero-order chi connectivity index (χ0) is 11.4. The summed E-state index contributed by atoms with van der Waals surface area (Å²) in [6.45, 7) is 0.871. The van der Waals surface area contributed by atoms with Gasteiger partial charge in [-0.05, 0) is 12.1 Å². The molecule has 2 N–H and O–H groups in total. The van der Waals surface area contributed by atoms with Gasteiger partial charge >= 0.3 is 0 Å². The minimum atomic E-state index is 0.373. The maximum absolute atomic E-state index is 6.02. The van der Waals surface area contributed by atoms with Gasteiger partial charge in [0.15, 0.2) is 0 Å². The first-order valence-corrected chi connectivity index (χ1v) is 6.04. The molecule has 0 fully saturated rings. The summed E-state index contributed by atoms with van der Waals surface area (Å²) in [6, 6.07) is 5.53. The van der Waals surface area contributed by atoms with E-state index in [2.05, 4.69) is 4.98 Å². The predicted octanol–water partition coefficient (Wildman–Crippen LogP) is 2.83. The molecule has 0 aliphatic heterocycles. The third-order valence-corrected chi connectivity index (χ3v) is 3.24. The second kappa shape index (κ2) is 5.30. The SMILES string of the molecule is NCc1c(Cl)cccc1OCc1cncs1. The van der Waals surface area contributed by atoms with Gasteiger partial charge in [-0.1, -0.05) is 17.7 Å². The van der Waals surface area contributed by atoms with E-state index in [1.807, 2.05) is 18.2 Å². The summed E-state index contributed by atoms with van der Waals surface area (Å²) >= 11 is 7.58. The molecule has 0 aliphatic rings. The molecular weight excluding hydrogens is 244 g/mol. The quantitative estimate of drug-likeness (QED) is 0.913. The second-order valence-corrected chi connectivity index (χ2v) is 4.56. The van der Waals surface area contributed by atoms with Crippen LogP contribution in [0.15, 0.2) is 29.9 Å². The fourth-order valence-corrected chi connectivity index (χ4v) is 2.08. The number of hydrogen-bond acceptors (Lipinski definition) is 4. The first-order valence-electron chi connectivity index (χ1n) is 4.79. The molecule has 2 rings (SSSR count). The monoisotopic (exact) mass is 254 g/mol. The van der Waals surface area contributed by atoms with E-state index in [0.29, 0.717) is 18.2 Å². The van der Waals surface area contributed by atoms with Crippen LogP contribution in [0.2, 0.25) is 5.02 Å². The van der Waals surface area contributed by atoms with Gasteiger partial charge in [0.05, 0.1) is 10.4 Å². The van der Waals surface area contributed by atoms with E-state index in [9.17, 15) is 0 Å². The van der Waals surface area contributed by atoms with Crippen molar-refractivity contribution in [3.8, 4) is 5.75 Å². The van der Waals surface area contributed by atoms with Crippen molar-refractivity contribution in [2.24, 2.45) is 5.73 Å². The average molecular weight is 255 g/mol. The van der Waals surface area contributed by atoms with Gasteiger partial charge in [-0.2, -0.15) is 0 Å². The number of halogens is 1. The first kappa shape index (κ1) is 11.4. The van der Waals surface area contributed by atoms with Gasteiger partial charge in [-0.15, -0.1) is 11.3 Å². The van der Waals surface area contributed by atoms with Gasteiger partial charge in [-0.25, -0.2) is 0 Å². The molecular formula is C11H11ClN2OS. The van der Waals surface area contributed by atoms with E-state index >= 15 is 0 Å². The smallest absolute Gasteiger partial charge is 0.125 e. The van der Waals surface area contributed by atoms with Crippen molar-refractivity contribution in [1.29, 1.82) is 0 Å². The van der Waals surface area contributed by atoms with E-state index in [1.54, 1.807) is 23.0 Å². The minimum Gasteiger partial charge on any atom is -0.488 e. The Hall–Kier alpha value is -1.10. The Labute approximate surface area is 103 Å². The Balaban J connectivity index is 2.12. The molecule has 0 radical (unpaired) electrons. The van der Waals surface area contributed by atoms with Crippen LogP contribution in [0, 0.1) is 0 Å². The average Bonchev–Trinajstić information content (AvgIpc) is 2.79. The number of ether oxygens (including phenoxy) is 1. The van der Waals surface area contributed by atoms with E-state index < -0.39 is 0 Å². The highest BCUT2D eigenvalue weighted by Gasteiger charge is 2.06. The molecule has 1 aromatic carbocycles. The van der Waals surface area contributed by atoms with Crippen molar-refractivity contribution in [2.45, 2.75) is 13.2 Å². The van der Waals surface area contributed by atoms with E-state index in [4.69, 9.17) is 22.1 Å². The first-order chi connectivity index (χ1) is 7.81. The zero-order valence-corrected chi connectivity index (χ0v) is 10.1. The third kappa shape index (κ3) is 2.52. The van der Waals surface area contributed by atoms with Crippen LogP contribution in [0.1, 0.15) is 10.4 Å². The van der Waals surface area contributed by atoms with Crippen LogP contribution in [-0.4, -0.2) is 4.98 Å². The molecule has 5 heteroatoms. The molecule has 2 aromatic rings. The Morgan fingerprint density at radius 3 is 3.00 bits per heavy atom. The van der Waals surface area contributed by atoms with Crippen LogP contribution in [0.5, 0.6) is 5.75 Å². The van der Waals surface area contributed by atoms with Gasteiger partial charge in [-0.3, -0.25) is 4.98 Å². The summed E-state index contributed by atoms with van der Waals surface area (Å²) in [6.07, 6.45) is 1.79. The molecule has 0 atom stereocenters. The van der Waals surface area contributed by atoms with Gasteiger partial charge < -0.3 is 10.5 Å². The molecule has 16 heavy (non-hydrogen) atoms. The Bertz CT molecular complexity index is 459. The van der Waals surface area contributed by atoms with Crippen molar-refractivity contribution < 1.29 is 4.74 Å². The maximum Gasteiger partial charge on any atom is 0.125 e. The summed E-state index contributed by atoms with van der Waals surface area (Å²) in [4.78, 5) is 5.05. The van der Waals surface area contributed by atoms with Crippen LogP contribution >= 0.6 is 22.9 Å². The van der Waals surface area contributed by atoms with Gasteiger partial charge in [0.25, 0.3) is 0 Å². The van der Waals surface area contributed by atoms with Crippen molar-refractivity contribution >= 4 is 22.9 Å². The Kier molecular flexibility index (Phi) is 3.77. The maximum atomic E-state index is 6.02. The lowest BCUT2D eigenvalue weighted by atomic mass is 10.2. The standard InChI is InChI=1S/C11H11ClN2OS/c12-10-2-1-3-11(9(10)4-13)15-6-8-5-14-7-16-8/h1-3,5,7H,4,6,13H2. The van der Waals surface area contributed by atoms with Gasteiger partial charge in [0.2, 0.25) is 0 Å². The van der Waals surface area contributed by atoms with Gasteiger partial charge in [0.1, 0.15) is 12.4 Å². The Morgan fingerprint density at radius 1 is 1.44 bits per heavy atom. The topological polar surface area (TPSA) is 48.1 Å². The summed E-state index contributed by atoms with van der Waals surface area (Å²) in [7, 11) is 0. The van der Waals surface area contributed by atoms with Crippen molar-refractivity contribution in [3.63, 3.8) is 0 Å². The lowest BCUT2D eigenvalue weighted by molar-refractivity contribution is 0.306. The summed E-state index contributed by atoms with van der Waals surface area (Å²) in [5, 5.41) is 0.643. The normalized spacial score (nSPS) is 10.4. The van der Waals surface area contributed by atoms with E-state index in [0.717, 1.165) is 16.2 Å². The van der Waals surface area contributed by atoms with Crippen molar-refractivity contribution in [2.75, 3.05) is 0 Å². The molecule has 0 saturated carbocycles. The number of nitrogens with two attached hydrogens (primary N) is 1. The summed E-state index contributed by atoms with van der Waals surface area (Å²) in [5.41, 5.74) is 8.25. The van der Waals surface area contributed by atoms with Crippen molar-refractivity contribution in [3.05, 3.63) is 45.4 Å². The molecule has 0 aliphatic carbocycles. The minimum absolute atomic E-state index is 0.373. The molecule has 1 heterocycles. The van der Waals surface area contributed by atoms with E-state index in [1.165, 1.54) is 0 Å². The molecule has 0 unspecified atom stereocenters. The largest absolute Gasteiger partial charge is 0.488 e. The van der Waals surface area contributed by atoms with Crippen LogP contribution in [0.25, 0.3) is 0 Å². The van der Waals surface area contributed by atoms with Crippen LogP contribution < -0.4 is 10.5 Å². The molecule has 84 valence electrons. The number of rotatable bonds is 4. The highest BCUT2D eigenvalue weighted by molar-refractivity contribution is 7.09. The number of nitrogens with zero attached hydrogens (tertiary/aromatic N) is 1. The molecule has 0 saturated heterocycles. The summed E-state index contributed by atoms with van der Waals surface area (Å²) in [5.74, 6) is 0.739. The number of thiazole rings is 1. The number of hydrogen-bond donors (Lipinski definition) is 1. The number of aromatic nitrogens is 1. The van der Waals surface area contributed by atoms with E-state index in [-0.39, 0.29) is 0 Å². The highest BCUT2D eigenvalue weighted by atomic mass is 35.5. The predicted molar refractivity (Wildman–Crippen MR) is 65.8 cm³/mol. The van der Waals surface area contributed by atoms with Crippen LogP contribution in [0.3, 0.4) is 0 Å². The van der Waals surface area contributed by atoms with Crippen molar-refractivity contribution in [1.82, 2.24) is 4.98 Å². The lowest BCUT2D eigenvalue weighted by Crippen LogP contribution is -2.02. The third-order valence-electron chi connectivity index (χ3n) is 2.13. The highest BCUT2D eigenvalue weighted by Crippen LogP contribution is 2.26. The summed E-state index contributed by atoms with van der Waals surface area (Å²) < 4.78 is 5.66. The zero-order valence-electron chi connectivity index (χ0n) is 8.52. The van der Waals surface area contributed by atoms with Crippen LogP contribution in [0.4, 0.5) is 0 Å². The molecule has 0 bridgehead atoms. The second-order valence-electron chi connectivity index (χ2n) is 3.18. The molecule has 3 nitrogen and oxygen atoms in total. The fourth-order valence-electron chi connectivity index (χ4n) is 1.33. The number of benzene rings is 1. The molecule has 0 amide bonds. The fraction of sp³-hybridized carbons (Fsp3) is 0.182. The van der Waals surface area contributed by atoms with Crippen LogP contribution in [-0.2, 0) is 13.2 Å². The molecule has 1 aromatic heterocycles. The van der Waals surface area contributed by atoms with Gasteiger partial charge in [0, 0.05) is 23.3 Å². The molecule has 0 spiro atoms. The lowest BCUT2D eigenvalue weighted by Gasteiger charge is -2.10. The Morgan fingerprint density at radius 2 is 2.31 bits per heavy atom.